The zero-order valence-corrected chi connectivity index (χ0v) is 18.5. The van der Waals surface area contributed by atoms with Crippen molar-refractivity contribution in [2.24, 2.45) is 0 Å². The molecule has 0 aliphatic heterocycles. The first-order chi connectivity index (χ1) is 15.6. The normalized spacial score (nSPS) is 14.2. The average Bonchev–Trinajstić information content (AvgIpc) is 3.42. The predicted octanol–water partition coefficient (Wildman–Crippen LogP) is 5.42. The van der Waals surface area contributed by atoms with E-state index in [4.69, 9.17) is 4.74 Å². The van der Waals surface area contributed by atoms with Gasteiger partial charge in [-0.15, -0.1) is 0 Å². The number of fused-ring (bicyclic) bond motifs is 1. The van der Waals surface area contributed by atoms with Gasteiger partial charge in [-0.25, -0.2) is 9.78 Å². The second kappa shape index (κ2) is 8.54. The quantitative estimate of drug-likeness (QED) is 0.445. The topological polar surface area (TPSA) is 61.1 Å². The highest BCUT2D eigenvalue weighted by molar-refractivity contribution is 5.79. The van der Waals surface area contributed by atoms with Crippen LogP contribution in [-0.2, 0) is 6.54 Å². The number of imidazole rings is 1. The van der Waals surface area contributed by atoms with Gasteiger partial charge in [-0.05, 0) is 49.1 Å². The molecule has 2 heterocycles. The number of aromatic nitrogens is 3. The van der Waals surface area contributed by atoms with E-state index in [-0.39, 0.29) is 11.7 Å². The van der Waals surface area contributed by atoms with E-state index in [0.717, 1.165) is 52.3 Å². The van der Waals surface area contributed by atoms with Crippen molar-refractivity contribution in [2.75, 3.05) is 12.4 Å². The standard InChI is InChI=1S/C26H28N4O2/c1-18-14-21(32-2)12-13-22(18)28-25-15-23-24(16-27-25)29(17-19-8-4-3-5-9-19)26(31)30(23)20-10-6-7-11-20/h3-5,8-9,12-16,20H,6-7,10-11,17H2,1-2H3,(H,27,28). The lowest BCUT2D eigenvalue weighted by molar-refractivity contribution is 0.414. The summed E-state index contributed by atoms with van der Waals surface area (Å²) in [5.74, 6) is 1.55. The molecule has 1 aliphatic rings. The van der Waals surface area contributed by atoms with E-state index < -0.39 is 0 Å². The van der Waals surface area contributed by atoms with Crippen molar-refractivity contribution in [3.63, 3.8) is 0 Å². The highest BCUT2D eigenvalue weighted by atomic mass is 16.5. The van der Waals surface area contributed by atoms with Crippen LogP contribution in [0.4, 0.5) is 11.5 Å². The monoisotopic (exact) mass is 428 g/mol. The fourth-order valence-corrected chi connectivity index (χ4v) is 4.72. The predicted molar refractivity (Wildman–Crippen MR) is 128 cm³/mol. The summed E-state index contributed by atoms with van der Waals surface area (Å²) >= 11 is 0. The molecule has 0 spiro atoms. The van der Waals surface area contributed by atoms with E-state index in [0.29, 0.717) is 6.54 Å². The Morgan fingerprint density at radius 3 is 2.56 bits per heavy atom. The van der Waals surface area contributed by atoms with Crippen LogP contribution in [0.2, 0.25) is 0 Å². The number of nitrogens with zero attached hydrogens (tertiary/aromatic N) is 3. The zero-order valence-electron chi connectivity index (χ0n) is 18.5. The molecule has 0 saturated heterocycles. The van der Waals surface area contributed by atoms with Crippen molar-refractivity contribution in [3.05, 3.63) is 82.4 Å². The summed E-state index contributed by atoms with van der Waals surface area (Å²) in [5.41, 5.74) is 5.02. The van der Waals surface area contributed by atoms with Crippen LogP contribution in [0.25, 0.3) is 11.0 Å². The van der Waals surface area contributed by atoms with Crippen molar-refractivity contribution >= 4 is 22.5 Å². The number of hydrogen-bond acceptors (Lipinski definition) is 4. The number of rotatable bonds is 6. The highest BCUT2D eigenvalue weighted by Gasteiger charge is 2.24. The van der Waals surface area contributed by atoms with Crippen LogP contribution >= 0.6 is 0 Å². The van der Waals surface area contributed by atoms with Crippen LogP contribution in [0.3, 0.4) is 0 Å². The van der Waals surface area contributed by atoms with Gasteiger partial charge in [0.1, 0.15) is 11.6 Å². The summed E-state index contributed by atoms with van der Waals surface area (Å²) in [6.45, 7) is 2.58. The lowest BCUT2D eigenvalue weighted by atomic mass is 10.2. The van der Waals surface area contributed by atoms with E-state index in [9.17, 15) is 4.79 Å². The van der Waals surface area contributed by atoms with Gasteiger partial charge in [0.05, 0.1) is 30.9 Å². The maximum absolute atomic E-state index is 13.5. The van der Waals surface area contributed by atoms with Crippen molar-refractivity contribution in [1.82, 2.24) is 14.1 Å². The Balaban J connectivity index is 1.58. The second-order valence-corrected chi connectivity index (χ2v) is 8.53. The smallest absolute Gasteiger partial charge is 0.329 e. The minimum absolute atomic E-state index is 0.0512. The number of ether oxygens (including phenoxy) is 1. The van der Waals surface area contributed by atoms with Crippen molar-refractivity contribution in [2.45, 2.75) is 45.2 Å². The number of anilines is 2. The van der Waals surface area contributed by atoms with Crippen LogP contribution in [0, 0.1) is 6.92 Å². The van der Waals surface area contributed by atoms with Crippen LogP contribution < -0.4 is 15.7 Å². The largest absolute Gasteiger partial charge is 0.497 e. The zero-order chi connectivity index (χ0) is 22.1. The summed E-state index contributed by atoms with van der Waals surface area (Å²) in [5, 5.41) is 3.42. The second-order valence-electron chi connectivity index (χ2n) is 8.53. The van der Waals surface area contributed by atoms with Gasteiger partial charge in [0, 0.05) is 17.8 Å². The van der Waals surface area contributed by atoms with E-state index in [1.165, 1.54) is 12.8 Å². The fourth-order valence-electron chi connectivity index (χ4n) is 4.72. The number of benzene rings is 2. The van der Waals surface area contributed by atoms with Gasteiger partial charge >= 0.3 is 5.69 Å². The molecule has 2 aromatic heterocycles. The van der Waals surface area contributed by atoms with Crippen LogP contribution in [0.1, 0.15) is 42.9 Å². The van der Waals surface area contributed by atoms with Crippen molar-refractivity contribution < 1.29 is 4.74 Å². The van der Waals surface area contributed by atoms with Crippen molar-refractivity contribution in [1.29, 1.82) is 0 Å². The minimum Gasteiger partial charge on any atom is -0.497 e. The molecule has 0 radical (unpaired) electrons. The maximum Gasteiger partial charge on any atom is 0.329 e. The summed E-state index contributed by atoms with van der Waals surface area (Å²) < 4.78 is 9.17. The number of nitrogens with one attached hydrogen (secondary N) is 1. The number of pyridine rings is 1. The number of aryl methyl sites for hydroxylation is 1. The fraction of sp³-hybridized carbons (Fsp3) is 0.308. The molecule has 0 atom stereocenters. The van der Waals surface area contributed by atoms with Crippen molar-refractivity contribution in [3.8, 4) is 5.75 Å². The molecule has 4 aromatic rings. The lowest BCUT2D eigenvalue weighted by Crippen LogP contribution is -2.27. The molecule has 5 rings (SSSR count). The van der Waals surface area contributed by atoms with Crippen LogP contribution in [-0.4, -0.2) is 21.2 Å². The van der Waals surface area contributed by atoms with Gasteiger partial charge in [-0.3, -0.25) is 9.13 Å². The third-order valence-electron chi connectivity index (χ3n) is 6.42. The molecular formula is C26H28N4O2. The summed E-state index contributed by atoms with van der Waals surface area (Å²) in [7, 11) is 1.67. The Labute approximate surface area is 187 Å². The molecule has 1 aliphatic carbocycles. The molecule has 0 unspecified atom stereocenters. The first-order valence-electron chi connectivity index (χ1n) is 11.2. The van der Waals surface area contributed by atoms with Gasteiger partial charge in [0.15, 0.2) is 0 Å². The Morgan fingerprint density at radius 2 is 1.84 bits per heavy atom. The van der Waals surface area contributed by atoms with Crippen LogP contribution in [0.5, 0.6) is 5.75 Å². The minimum atomic E-state index is 0.0512. The average molecular weight is 429 g/mol. The molecule has 2 aromatic carbocycles. The van der Waals surface area contributed by atoms with Gasteiger partial charge in [0.25, 0.3) is 0 Å². The molecule has 164 valence electrons. The van der Waals surface area contributed by atoms with E-state index in [1.807, 2.05) is 64.7 Å². The first-order valence-corrected chi connectivity index (χ1v) is 11.2. The molecule has 1 N–H and O–H groups in total. The Bertz CT molecular complexity index is 1300. The third kappa shape index (κ3) is 3.77. The van der Waals surface area contributed by atoms with E-state index >= 15 is 0 Å². The molecule has 6 heteroatoms. The number of methoxy groups -OCH3 is 1. The summed E-state index contributed by atoms with van der Waals surface area (Å²) in [6, 6.07) is 18.3. The molecule has 6 nitrogen and oxygen atoms in total. The molecule has 0 bridgehead atoms. The lowest BCUT2D eigenvalue weighted by Gasteiger charge is -2.13. The SMILES string of the molecule is COc1ccc(Nc2cc3c(cn2)n(Cc2ccccc2)c(=O)n3C2CCCC2)c(C)c1. The van der Waals surface area contributed by atoms with Crippen LogP contribution in [0.15, 0.2) is 65.6 Å². The Kier molecular flexibility index (Phi) is 5.43. The van der Waals surface area contributed by atoms with E-state index in [2.05, 4.69) is 22.4 Å². The van der Waals surface area contributed by atoms with Gasteiger partial charge in [0.2, 0.25) is 0 Å². The molecule has 1 fully saturated rings. The highest BCUT2D eigenvalue weighted by Crippen LogP contribution is 2.32. The first kappa shape index (κ1) is 20.4. The summed E-state index contributed by atoms with van der Waals surface area (Å²) in [6.07, 6.45) is 6.26. The number of hydrogen-bond donors (Lipinski definition) is 1. The maximum atomic E-state index is 13.5. The van der Waals surface area contributed by atoms with Gasteiger partial charge in [-0.1, -0.05) is 43.2 Å². The molecular weight excluding hydrogens is 400 g/mol. The summed E-state index contributed by atoms with van der Waals surface area (Å²) in [4.78, 5) is 18.2. The van der Waals surface area contributed by atoms with E-state index in [1.54, 1.807) is 7.11 Å². The molecule has 0 amide bonds. The third-order valence-corrected chi connectivity index (χ3v) is 6.42. The van der Waals surface area contributed by atoms with Gasteiger partial charge in [-0.2, -0.15) is 0 Å². The molecule has 32 heavy (non-hydrogen) atoms. The Hall–Kier alpha value is -3.54. The molecule has 1 saturated carbocycles. The Morgan fingerprint density at radius 1 is 1.06 bits per heavy atom. The van der Waals surface area contributed by atoms with Gasteiger partial charge < -0.3 is 10.1 Å².